The second kappa shape index (κ2) is 6.14. The van der Waals surface area contributed by atoms with Crippen LogP contribution in [0.3, 0.4) is 0 Å². The molecular weight excluding hydrogens is 198 g/mol. The topological polar surface area (TPSA) is 61.8 Å². The molecule has 0 bridgehead atoms. The van der Waals surface area contributed by atoms with Gasteiger partial charge in [0.2, 0.25) is 0 Å². The first-order valence-electron chi connectivity index (χ1n) is 5.06. The fourth-order valence-corrected chi connectivity index (χ4v) is 2.87. The van der Waals surface area contributed by atoms with Crippen molar-refractivity contribution in [3.8, 4) is 0 Å². The summed E-state index contributed by atoms with van der Waals surface area (Å²) in [7, 11) is 0. The Morgan fingerprint density at radius 2 is 2.21 bits per heavy atom. The Kier molecular flexibility index (Phi) is 5.11. The molecule has 0 aromatic carbocycles. The van der Waals surface area contributed by atoms with E-state index in [0.717, 1.165) is 6.54 Å². The van der Waals surface area contributed by atoms with E-state index in [4.69, 9.17) is 10.9 Å². The SMILES string of the molecule is CCN(CC(N)=NO)C1CCSCC1. The lowest BCUT2D eigenvalue weighted by molar-refractivity contribution is 0.218. The van der Waals surface area contributed by atoms with Crippen LogP contribution in [0.2, 0.25) is 0 Å². The normalized spacial score (nSPS) is 20.3. The predicted octanol–water partition coefficient (Wildman–Crippen LogP) is 0.950. The zero-order valence-corrected chi connectivity index (χ0v) is 9.46. The minimum Gasteiger partial charge on any atom is -0.409 e. The van der Waals surface area contributed by atoms with Crippen molar-refractivity contribution in [2.45, 2.75) is 25.8 Å². The summed E-state index contributed by atoms with van der Waals surface area (Å²) < 4.78 is 0. The van der Waals surface area contributed by atoms with Crippen molar-refractivity contribution in [2.24, 2.45) is 10.9 Å². The first-order chi connectivity index (χ1) is 6.77. The highest BCUT2D eigenvalue weighted by molar-refractivity contribution is 7.99. The second-order valence-electron chi connectivity index (χ2n) is 3.50. The van der Waals surface area contributed by atoms with Crippen LogP contribution >= 0.6 is 11.8 Å². The highest BCUT2D eigenvalue weighted by atomic mass is 32.2. The maximum absolute atomic E-state index is 8.51. The van der Waals surface area contributed by atoms with E-state index in [2.05, 4.69) is 17.0 Å². The molecule has 0 spiro atoms. The van der Waals surface area contributed by atoms with Crippen molar-refractivity contribution in [1.29, 1.82) is 0 Å². The number of thioether (sulfide) groups is 1. The van der Waals surface area contributed by atoms with Crippen LogP contribution in [-0.4, -0.2) is 46.6 Å². The Balaban J connectivity index is 2.43. The summed E-state index contributed by atoms with van der Waals surface area (Å²) in [5.74, 6) is 2.78. The van der Waals surface area contributed by atoms with Crippen molar-refractivity contribution in [3.63, 3.8) is 0 Å². The molecule has 0 radical (unpaired) electrons. The number of amidine groups is 1. The molecule has 0 aromatic rings. The van der Waals surface area contributed by atoms with Crippen molar-refractivity contribution >= 4 is 17.6 Å². The van der Waals surface area contributed by atoms with E-state index in [0.29, 0.717) is 18.4 Å². The van der Waals surface area contributed by atoms with Gasteiger partial charge in [0.1, 0.15) is 0 Å². The van der Waals surface area contributed by atoms with E-state index >= 15 is 0 Å². The fraction of sp³-hybridized carbons (Fsp3) is 0.889. The fourth-order valence-electron chi connectivity index (χ4n) is 1.79. The zero-order chi connectivity index (χ0) is 10.4. The molecule has 0 aliphatic carbocycles. The average molecular weight is 217 g/mol. The molecule has 82 valence electrons. The minimum atomic E-state index is 0.310. The molecule has 4 nitrogen and oxygen atoms in total. The predicted molar refractivity (Wildman–Crippen MR) is 61.0 cm³/mol. The molecule has 1 aliphatic rings. The van der Waals surface area contributed by atoms with Gasteiger partial charge in [-0.3, -0.25) is 4.90 Å². The number of rotatable bonds is 4. The third-order valence-corrected chi connectivity index (χ3v) is 3.66. The van der Waals surface area contributed by atoms with Gasteiger partial charge in [0.25, 0.3) is 0 Å². The van der Waals surface area contributed by atoms with E-state index in [1.165, 1.54) is 24.3 Å². The van der Waals surface area contributed by atoms with Gasteiger partial charge >= 0.3 is 0 Å². The van der Waals surface area contributed by atoms with Gasteiger partial charge in [-0.05, 0) is 30.9 Å². The van der Waals surface area contributed by atoms with Crippen LogP contribution in [-0.2, 0) is 0 Å². The number of nitrogens with zero attached hydrogens (tertiary/aromatic N) is 2. The maximum Gasteiger partial charge on any atom is 0.153 e. The van der Waals surface area contributed by atoms with Crippen LogP contribution in [0.4, 0.5) is 0 Å². The molecule has 0 unspecified atom stereocenters. The van der Waals surface area contributed by atoms with Crippen LogP contribution in [0.25, 0.3) is 0 Å². The van der Waals surface area contributed by atoms with Crippen molar-refractivity contribution in [1.82, 2.24) is 4.90 Å². The molecule has 0 saturated carbocycles. The molecule has 1 heterocycles. The molecule has 5 heteroatoms. The lowest BCUT2D eigenvalue weighted by Gasteiger charge is -2.32. The highest BCUT2D eigenvalue weighted by Crippen LogP contribution is 2.21. The van der Waals surface area contributed by atoms with Crippen LogP contribution < -0.4 is 5.73 Å². The van der Waals surface area contributed by atoms with Gasteiger partial charge in [-0.1, -0.05) is 12.1 Å². The molecule has 1 saturated heterocycles. The summed E-state index contributed by atoms with van der Waals surface area (Å²) >= 11 is 2.01. The van der Waals surface area contributed by atoms with Crippen molar-refractivity contribution < 1.29 is 5.21 Å². The quantitative estimate of drug-likeness (QED) is 0.318. The molecule has 0 amide bonds. The van der Waals surface area contributed by atoms with E-state index in [1.54, 1.807) is 0 Å². The number of likely N-dealkylation sites (N-methyl/N-ethyl adjacent to an activating group) is 1. The summed E-state index contributed by atoms with van der Waals surface area (Å²) in [4.78, 5) is 2.29. The van der Waals surface area contributed by atoms with Gasteiger partial charge in [-0.25, -0.2) is 0 Å². The van der Waals surface area contributed by atoms with Gasteiger partial charge < -0.3 is 10.9 Å². The van der Waals surface area contributed by atoms with Gasteiger partial charge in [0.15, 0.2) is 5.84 Å². The Hall–Kier alpha value is -0.420. The molecule has 3 N–H and O–H groups in total. The van der Waals surface area contributed by atoms with Gasteiger partial charge in [0, 0.05) is 6.04 Å². The number of nitrogens with two attached hydrogens (primary N) is 1. The van der Waals surface area contributed by atoms with Gasteiger partial charge in [-0.15, -0.1) is 0 Å². The van der Waals surface area contributed by atoms with Gasteiger partial charge in [0.05, 0.1) is 6.54 Å². The maximum atomic E-state index is 8.51. The average Bonchev–Trinajstić information content (AvgIpc) is 2.26. The molecular formula is C9H19N3OS. The second-order valence-corrected chi connectivity index (χ2v) is 4.72. The summed E-state index contributed by atoms with van der Waals surface area (Å²) in [6.45, 7) is 3.67. The molecule has 14 heavy (non-hydrogen) atoms. The number of hydrogen-bond acceptors (Lipinski definition) is 4. The first kappa shape index (κ1) is 11.7. The monoisotopic (exact) mass is 217 g/mol. The van der Waals surface area contributed by atoms with Crippen LogP contribution in [0, 0.1) is 0 Å². The van der Waals surface area contributed by atoms with Crippen LogP contribution in [0.15, 0.2) is 5.16 Å². The smallest absolute Gasteiger partial charge is 0.153 e. The van der Waals surface area contributed by atoms with Crippen molar-refractivity contribution in [2.75, 3.05) is 24.6 Å². The van der Waals surface area contributed by atoms with E-state index in [-0.39, 0.29) is 0 Å². The first-order valence-corrected chi connectivity index (χ1v) is 6.21. The minimum absolute atomic E-state index is 0.310. The summed E-state index contributed by atoms with van der Waals surface area (Å²) in [6.07, 6.45) is 2.44. The van der Waals surface area contributed by atoms with Crippen molar-refractivity contribution in [3.05, 3.63) is 0 Å². The van der Waals surface area contributed by atoms with Crippen LogP contribution in [0.1, 0.15) is 19.8 Å². The lowest BCUT2D eigenvalue weighted by atomic mass is 10.1. The molecule has 0 aromatic heterocycles. The standard InChI is InChI=1S/C9H19N3OS/c1-2-12(7-9(10)11-13)8-3-5-14-6-4-8/h8,13H,2-7H2,1H3,(H2,10,11). The van der Waals surface area contributed by atoms with E-state index in [1.807, 2.05) is 11.8 Å². The van der Waals surface area contributed by atoms with Crippen LogP contribution in [0.5, 0.6) is 0 Å². The largest absolute Gasteiger partial charge is 0.409 e. The lowest BCUT2D eigenvalue weighted by Crippen LogP contribution is -2.42. The van der Waals surface area contributed by atoms with E-state index < -0.39 is 0 Å². The van der Waals surface area contributed by atoms with E-state index in [9.17, 15) is 0 Å². The Labute approximate surface area is 89.5 Å². The summed E-state index contributed by atoms with van der Waals surface area (Å²) in [5.41, 5.74) is 5.51. The molecule has 1 aliphatic heterocycles. The Morgan fingerprint density at radius 3 is 2.71 bits per heavy atom. The van der Waals surface area contributed by atoms with Gasteiger partial charge in [-0.2, -0.15) is 11.8 Å². The summed E-state index contributed by atoms with van der Waals surface area (Å²) in [5, 5.41) is 11.5. The molecule has 1 rings (SSSR count). The third-order valence-electron chi connectivity index (χ3n) is 2.61. The Bertz CT molecular complexity index is 192. The molecule has 0 atom stereocenters. The zero-order valence-electron chi connectivity index (χ0n) is 8.65. The number of hydrogen-bond donors (Lipinski definition) is 2. The Morgan fingerprint density at radius 1 is 1.57 bits per heavy atom. The highest BCUT2D eigenvalue weighted by Gasteiger charge is 2.20. The third kappa shape index (κ3) is 3.38. The molecule has 1 fully saturated rings. The summed E-state index contributed by atoms with van der Waals surface area (Å²) in [6, 6.07) is 0.613. The number of oxime groups is 1.